The number of hydrogen-bond donors (Lipinski definition) is 0. The zero-order valence-electron chi connectivity index (χ0n) is 66.3. The van der Waals surface area contributed by atoms with Crippen molar-refractivity contribution in [1.82, 2.24) is 0 Å². The molecular formula is C116H74N2O4. The fourth-order valence-corrected chi connectivity index (χ4v) is 18.0. The topological polar surface area (TPSA) is 59.0 Å². The van der Waals surface area contributed by atoms with Crippen LogP contribution >= 0.6 is 0 Å². The molecule has 0 saturated carbocycles. The first-order valence-corrected chi connectivity index (χ1v) is 41.4. The molecule has 0 fully saturated rings. The van der Waals surface area contributed by atoms with E-state index in [0.29, 0.717) is 0 Å². The van der Waals surface area contributed by atoms with Crippen molar-refractivity contribution < 1.29 is 17.7 Å². The maximum Gasteiger partial charge on any atom is 0.136 e. The van der Waals surface area contributed by atoms with Crippen LogP contribution in [-0.2, 0) is 0 Å². The molecule has 4 aromatic heterocycles. The molecule has 0 bridgehead atoms. The van der Waals surface area contributed by atoms with Gasteiger partial charge in [-0.2, -0.15) is 0 Å². The fraction of sp³-hybridized carbons (Fsp3) is 0. The molecule has 0 amide bonds. The second kappa shape index (κ2) is 30.0. The standard InChI is InChI=1S/2C58H37NO2/c2*1-2-14-46(15-3-1)59(48-29-25-38-11-4-5-12-41(38)34-48)47-16-10-13-42(33-47)39-21-23-40(24-22-39)49-30-26-43(44-27-31-52-50-17-6-8-19-55(50)60-57(52)36-44)35-54(49)45-28-32-53-51-18-7-9-20-56(51)61-58(53)37-45/h2*1-37H. The lowest BCUT2D eigenvalue weighted by Gasteiger charge is -2.26. The molecule has 0 aliphatic heterocycles. The van der Waals surface area contributed by atoms with Gasteiger partial charge in [0, 0.05) is 77.2 Å². The summed E-state index contributed by atoms with van der Waals surface area (Å²) < 4.78 is 25.4. The highest BCUT2D eigenvalue weighted by atomic mass is 16.3. The van der Waals surface area contributed by atoms with Gasteiger partial charge in [0.15, 0.2) is 0 Å². The van der Waals surface area contributed by atoms with E-state index in [9.17, 15) is 0 Å². The van der Waals surface area contributed by atoms with E-state index in [1.54, 1.807) is 0 Å². The molecule has 122 heavy (non-hydrogen) atoms. The lowest BCUT2D eigenvalue weighted by atomic mass is 9.90. The van der Waals surface area contributed by atoms with Crippen molar-refractivity contribution in [2.45, 2.75) is 0 Å². The lowest BCUT2D eigenvalue weighted by Crippen LogP contribution is -2.09. The van der Waals surface area contributed by atoms with Crippen LogP contribution in [0.1, 0.15) is 0 Å². The van der Waals surface area contributed by atoms with Crippen LogP contribution < -0.4 is 9.80 Å². The highest BCUT2D eigenvalue weighted by Crippen LogP contribution is 2.47. The lowest BCUT2D eigenvalue weighted by molar-refractivity contribution is 0.668. The Morgan fingerprint density at radius 2 is 0.385 bits per heavy atom. The first-order chi connectivity index (χ1) is 60.4. The third-order valence-corrected chi connectivity index (χ3v) is 24.1. The predicted octanol–water partition coefficient (Wildman–Crippen LogP) is 33.6. The van der Waals surface area contributed by atoms with Crippen LogP contribution in [0.2, 0.25) is 0 Å². The summed E-state index contributed by atoms with van der Waals surface area (Å²) in [5.41, 5.74) is 31.9. The van der Waals surface area contributed by atoms with Crippen LogP contribution in [0.15, 0.2) is 467 Å². The Morgan fingerprint density at radius 1 is 0.123 bits per heavy atom. The van der Waals surface area contributed by atoms with E-state index in [0.717, 1.165) is 211 Å². The molecule has 572 valence electrons. The molecule has 6 heteroatoms. The summed E-state index contributed by atoms with van der Waals surface area (Å²) in [4.78, 5) is 4.67. The highest BCUT2D eigenvalue weighted by molar-refractivity contribution is 6.11. The van der Waals surface area contributed by atoms with Gasteiger partial charge in [-0.25, -0.2) is 0 Å². The van der Waals surface area contributed by atoms with Crippen LogP contribution in [-0.4, -0.2) is 0 Å². The molecule has 0 N–H and O–H groups in total. The largest absolute Gasteiger partial charge is 0.456 e. The third-order valence-electron chi connectivity index (χ3n) is 24.1. The molecule has 6 nitrogen and oxygen atoms in total. The van der Waals surface area contributed by atoms with E-state index >= 15 is 0 Å². The molecule has 0 spiro atoms. The minimum absolute atomic E-state index is 0.877. The van der Waals surface area contributed by atoms with Gasteiger partial charge in [0.25, 0.3) is 0 Å². The van der Waals surface area contributed by atoms with Gasteiger partial charge in [0.1, 0.15) is 44.7 Å². The van der Waals surface area contributed by atoms with Crippen molar-refractivity contribution in [3.05, 3.63) is 449 Å². The number of anilines is 6. The van der Waals surface area contributed by atoms with Gasteiger partial charge in [-0.05, 0) is 268 Å². The van der Waals surface area contributed by atoms with Gasteiger partial charge in [0.2, 0.25) is 0 Å². The molecule has 24 rings (SSSR count). The van der Waals surface area contributed by atoms with Crippen LogP contribution in [0.4, 0.5) is 34.1 Å². The van der Waals surface area contributed by atoms with Crippen LogP contribution in [0, 0.1) is 0 Å². The molecule has 20 aromatic carbocycles. The smallest absolute Gasteiger partial charge is 0.136 e. The molecule has 0 aliphatic rings. The Kier molecular flexibility index (Phi) is 17.5. The van der Waals surface area contributed by atoms with Crippen LogP contribution in [0.5, 0.6) is 0 Å². The SMILES string of the molecule is c1ccc(N(c2cccc(-c3ccc(-c4ccc(-c5ccc6c(c5)oc5ccccc56)cc4-c4ccc5c(c4)oc4ccccc45)cc3)c2)c2ccc3ccccc3c2)cc1.c1ccc(N(c2cccc(-c3ccc(-c4ccc(-c5ccc6c(c5)oc5ccccc56)cc4-c4ccc5c(c4)oc4ccccc45)cc3)c2)c2ccc3ccccc3c2)cc1. The molecule has 4 heterocycles. The predicted molar refractivity (Wildman–Crippen MR) is 510 cm³/mol. The van der Waals surface area contributed by atoms with Crippen molar-refractivity contribution in [3.8, 4) is 89.0 Å². The Bertz CT molecular complexity index is 7670. The number of para-hydroxylation sites is 6. The second-order valence-electron chi connectivity index (χ2n) is 31.4. The average Bonchev–Trinajstić information content (AvgIpc) is 1.67. The maximum atomic E-state index is 6.40. The summed E-state index contributed by atoms with van der Waals surface area (Å²) in [5, 5.41) is 13.9. The Hall–Kier alpha value is -16.3. The summed E-state index contributed by atoms with van der Waals surface area (Å²) in [5.74, 6) is 0. The normalized spacial score (nSPS) is 11.6. The van der Waals surface area contributed by atoms with E-state index in [2.05, 4.69) is 410 Å². The number of nitrogens with zero attached hydrogens (tertiary/aromatic N) is 2. The summed E-state index contributed by atoms with van der Waals surface area (Å²) >= 11 is 0. The van der Waals surface area contributed by atoms with E-state index in [4.69, 9.17) is 17.7 Å². The van der Waals surface area contributed by atoms with Gasteiger partial charge in [0.05, 0.1) is 0 Å². The molecule has 0 unspecified atom stereocenters. The molecule has 0 saturated heterocycles. The molecule has 0 atom stereocenters. The number of hydrogen-bond acceptors (Lipinski definition) is 6. The zero-order valence-corrected chi connectivity index (χ0v) is 66.3. The molecule has 0 radical (unpaired) electrons. The Labute approximate surface area is 704 Å². The summed E-state index contributed by atoms with van der Waals surface area (Å²) in [6.45, 7) is 0. The molecule has 0 aliphatic carbocycles. The number of benzene rings is 20. The Morgan fingerprint density at radius 3 is 0.762 bits per heavy atom. The van der Waals surface area contributed by atoms with Crippen molar-refractivity contribution in [1.29, 1.82) is 0 Å². The van der Waals surface area contributed by atoms with E-state index in [1.165, 1.54) is 21.5 Å². The minimum atomic E-state index is 0.877. The van der Waals surface area contributed by atoms with E-state index in [1.807, 2.05) is 48.5 Å². The number of rotatable bonds is 14. The first kappa shape index (κ1) is 71.1. The summed E-state index contributed by atoms with van der Waals surface area (Å²) in [7, 11) is 0. The van der Waals surface area contributed by atoms with Gasteiger partial charge in [-0.1, -0.05) is 291 Å². The van der Waals surface area contributed by atoms with Gasteiger partial charge >= 0.3 is 0 Å². The molecule has 24 aromatic rings. The number of fused-ring (bicyclic) bond motifs is 14. The first-order valence-electron chi connectivity index (χ1n) is 41.4. The summed E-state index contributed by atoms with van der Waals surface area (Å²) in [6.07, 6.45) is 0. The van der Waals surface area contributed by atoms with Crippen molar-refractivity contribution >= 4 is 143 Å². The van der Waals surface area contributed by atoms with Crippen LogP contribution in [0.25, 0.3) is 198 Å². The third kappa shape index (κ3) is 13.0. The fourth-order valence-electron chi connectivity index (χ4n) is 18.0. The second-order valence-corrected chi connectivity index (χ2v) is 31.4. The number of furan rings is 4. The average molecular weight is 1560 g/mol. The Balaban J connectivity index is 0.000000142. The van der Waals surface area contributed by atoms with E-state index < -0.39 is 0 Å². The maximum absolute atomic E-state index is 6.40. The monoisotopic (exact) mass is 1560 g/mol. The zero-order chi connectivity index (χ0) is 80.6. The molecular weight excluding hydrogens is 1490 g/mol. The van der Waals surface area contributed by atoms with Crippen molar-refractivity contribution in [3.63, 3.8) is 0 Å². The van der Waals surface area contributed by atoms with E-state index in [-0.39, 0.29) is 0 Å². The quantitative estimate of drug-likeness (QED) is 0.108. The van der Waals surface area contributed by atoms with Gasteiger partial charge < -0.3 is 27.5 Å². The minimum Gasteiger partial charge on any atom is -0.456 e. The van der Waals surface area contributed by atoms with Crippen LogP contribution in [0.3, 0.4) is 0 Å². The van der Waals surface area contributed by atoms with Gasteiger partial charge in [-0.3, -0.25) is 0 Å². The van der Waals surface area contributed by atoms with Gasteiger partial charge in [-0.15, -0.1) is 0 Å². The highest BCUT2D eigenvalue weighted by Gasteiger charge is 2.22. The van der Waals surface area contributed by atoms with Crippen molar-refractivity contribution in [2.75, 3.05) is 9.80 Å². The van der Waals surface area contributed by atoms with Crippen molar-refractivity contribution in [2.24, 2.45) is 0 Å². The summed E-state index contributed by atoms with van der Waals surface area (Å²) in [6, 6.07) is 160.